The van der Waals surface area contributed by atoms with Crippen molar-refractivity contribution in [3.63, 3.8) is 0 Å². The van der Waals surface area contributed by atoms with Gasteiger partial charge in [0.1, 0.15) is 0 Å². The topological polar surface area (TPSA) is 83.7 Å². The normalized spacial score (nSPS) is 18.8. The molecule has 0 bridgehead atoms. The highest BCUT2D eigenvalue weighted by Gasteiger charge is 2.28. The van der Waals surface area contributed by atoms with Gasteiger partial charge < -0.3 is 4.90 Å². The van der Waals surface area contributed by atoms with Gasteiger partial charge in [-0.3, -0.25) is 4.79 Å². The standard InChI is InChI=1S/C13H19N3O3S/c1-11(12-5-3-2-4-6-12)13(17)15-7-9-16(10-8-15)20(14,18)19/h2-6,11H,7-10H2,1H3,(H2,14,18,19). The van der Waals surface area contributed by atoms with Crippen LogP contribution in [0.3, 0.4) is 0 Å². The van der Waals surface area contributed by atoms with E-state index in [0.717, 1.165) is 5.56 Å². The maximum atomic E-state index is 12.4. The number of piperazine rings is 1. The number of nitrogens with two attached hydrogens (primary N) is 1. The van der Waals surface area contributed by atoms with E-state index in [1.165, 1.54) is 4.31 Å². The average Bonchev–Trinajstić information content (AvgIpc) is 2.46. The predicted molar refractivity (Wildman–Crippen MR) is 76.1 cm³/mol. The third-order valence-electron chi connectivity index (χ3n) is 3.58. The van der Waals surface area contributed by atoms with Crippen molar-refractivity contribution < 1.29 is 13.2 Å². The molecular weight excluding hydrogens is 278 g/mol. The maximum absolute atomic E-state index is 12.4. The molecule has 1 saturated heterocycles. The molecule has 1 aromatic rings. The van der Waals surface area contributed by atoms with Crippen LogP contribution in [0.4, 0.5) is 0 Å². The van der Waals surface area contributed by atoms with Crippen molar-refractivity contribution in [3.8, 4) is 0 Å². The molecule has 0 saturated carbocycles. The summed E-state index contributed by atoms with van der Waals surface area (Å²) in [4.78, 5) is 14.1. The quantitative estimate of drug-likeness (QED) is 0.861. The van der Waals surface area contributed by atoms with Gasteiger partial charge in [0, 0.05) is 26.2 Å². The van der Waals surface area contributed by atoms with Gasteiger partial charge >= 0.3 is 0 Å². The van der Waals surface area contributed by atoms with Crippen molar-refractivity contribution in [2.75, 3.05) is 26.2 Å². The molecule has 7 heteroatoms. The maximum Gasteiger partial charge on any atom is 0.277 e. The number of amides is 1. The number of nitrogens with zero attached hydrogens (tertiary/aromatic N) is 2. The number of carbonyl (C=O) groups excluding carboxylic acids is 1. The third-order valence-corrected chi connectivity index (χ3v) is 4.67. The van der Waals surface area contributed by atoms with Crippen LogP contribution in [0, 0.1) is 0 Å². The summed E-state index contributed by atoms with van der Waals surface area (Å²) in [6, 6.07) is 9.55. The Kier molecular flexibility index (Phi) is 4.42. The number of carbonyl (C=O) groups is 1. The fourth-order valence-corrected chi connectivity index (χ4v) is 2.99. The van der Waals surface area contributed by atoms with Crippen LogP contribution in [-0.4, -0.2) is 49.7 Å². The van der Waals surface area contributed by atoms with E-state index in [2.05, 4.69) is 0 Å². The van der Waals surface area contributed by atoms with Crippen LogP contribution in [0.2, 0.25) is 0 Å². The first-order valence-corrected chi connectivity index (χ1v) is 8.01. The van der Waals surface area contributed by atoms with Crippen LogP contribution in [0.1, 0.15) is 18.4 Å². The van der Waals surface area contributed by atoms with Gasteiger partial charge in [0.25, 0.3) is 10.2 Å². The molecule has 0 aliphatic carbocycles. The Morgan fingerprint density at radius 2 is 1.70 bits per heavy atom. The molecule has 1 amide bonds. The molecule has 2 rings (SSSR count). The second-order valence-electron chi connectivity index (χ2n) is 4.90. The monoisotopic (exact) mass is 297 g/mol. The molecule has 110 valence electrons. The molecule has 6 nitrogen and oxygen atoms in total. The molecule has 0 spiro atoms. The molecule has 1 unspecified atom stereocenters. The van der Waals surface area contributed by atoms with Crippen LogP contribution in [0.15, 0.2) is 30.3 Å². The summed E-state index contributed by atoms with van der Waals surface area (Å²) in [5.41, 5.74) is 0.964. The van der Waals surface area contributed by atoms with E-state index in [4.69, 9.17) is 5.14 Å². The lowest BCUT2D eigenvalue weighted by Crippen LogP contribution is -2.52. The van der Waals surface area contributed by atoms with Crippen LogP contribution >= 0.6 is 0 Å². The van der Waals surface area contributed by atoms with Crippen molar-refractivity contribution in [2.45, 2.75) is 12.8 Å². The van der Waals surface area contributed by atoms with Gasteiger partial charge in [-0.1, -0.05) is 30.3 Å². The zero-order valence-electron chi connectivity index (χ0n) is 11.4. The molecule has 0 radical (unpaired) electrons. The second kappa shape index (κ2) is 5.90. The fraction of sp³-hybridized carbons (Fsp3) is 0.462. The molecule has 1 aromatic carbocycles. The van der Waals surface area contributed by atoms with Crippen molar-refractivity contribution in [1.29, 1.82) is 0 Å². The first-order valence-electron chi connectivity index (χ1n) is 6.51. The number of hydrogen-bond donors (Lipinski definition) is 1. The molecule has 1 aliphatic rings. The summed E-state index contributed by atoms with van der Waals surface area (Å²) in [5, 5.41) is 5.08. The Bertz CT molecular complexity index is 566. The van der Waals surface area contributed by atoms with Gasteiger partial charge in [0.15, 0.2) is 0 Å². The third kappa shape index (κ3) is 3.36. The van der Waals surface area contributed by atoms with E-state index < -0.39 is 10.2 Å². The Hall–Kier alpha value is -1.44. The van der Waals surface area contributed by atoms with Gasteiger partial charge in [0.05, 0.1) is 5.92 Å². The van der Waals surface area contributed by atoms with Gasteiger partial charge in [-0.15, -0.1) is 0 Å². The zero-order chi connectivity index (χ0) is 14.8. The highest BCUT2D eigenvalue weighted by atomic mass is 32.2. The van der Waals surface area contributed by atoms with E-state index in [1.54, 1.807) is 4.90 Å². The van der Waals surface area contributed by atoms with Crippen molar-refractivity contribution in [2.24, 2.45) is 5.14 Å². The summed E-state index contributed by atoms with van der Waals surface area (Å²) >= 11 is 0. The van der Waals surface area contributed by atoms with Crippen molar-refractivity contribution in [1.82, 2.24) is 9.21 Å². The Morgan fingerprint density at radius 1 is 1.15 bits per heavy atom. The largest absolute Gasteiger partial charge is 0.340 e. The Labute approximate surface area is 119 Å². The molecule has 1 atom stereocenters. The van der Waals surface area contributed by atoms with E-state index in [0.29, 0.717) is 13.1 Å². The minimum Gasteiger partial charge on any atom is -0.340 e. The van der Waals surface area contributed by atoms with Gasteiger partial charge in [0.2, 0.25) is 5.91 Å². The van der Waals surface area contributed by atoms with E-state index in [1.807, 2.05) is 37.3 Å². The number of benzene rings is 1. The lowest BCUT2D eigenvalue weighted by molar-refractivity contribution is -0.133. The van der Waals surface area contributed by atoms with Crippen molar-refractivity contribution in [3.05, 3.63) is 35.9 Å². The Balaban J connectivity index is 1.99. The summed E-state index contributed by atoms with van der Waals surface area (Å²) in [6.07, 6.45) is 0. The smallest absolute Gasteiger partial charge is 0.277 e. The number of hydrogen-bond acceptors (Lipinski definition) is 3. The van der Waals surface area contributed by atoms with Gasteiger partial charge in [-0.05, 0) is 12.5 Å². The van der Waals surface area contributed by atoms with Crippen LogP contribution < -0.4 is 5.14 Å². The van der Waals surface area contributed by atoms with E-state index >= 15 is 0 Å². The van der Waals surface area contributed by atoms with Crippen molar-refractivity contribution >= 4 is 16.1 Å². The van der Waals surface area contributed by atoms with E-state index in [9.17, 15) is 13.2 Å². The Morgan fingerprint density at radius 3 is 2.20 bits per heavy atom. The highest BCUT2D eigenvalue weighted by molar-refractivity contribution is 7.86. The highest BCUT2D eigenvalue weighted by Crippen LogP contribution is 2.18. The number of rotatable bonds is 3. The predicted octanol–water partition coefficient (Wildman–Crippen LogP) is 0.138. The molecule has 20 heavy (non-hydrogen) atoms. The minimum absolute atomic E-state index is 0.0188. The SMILES string of the molecule is CC(C(=O)N1CCN(S(N)(=O)=O)CC1)c1ccccc1. The second-order valence-corrected chi connectivity index (χ2v) is 6.45. The van der Waals surface area contributed by atoms with Gasteiger partial charge in [-0.2, -0.15) is 12.7 Å². The first kappa shape index (κ1) is 15.0. The average molecular weight is 297 g/mol. The van der Waals surface area contributed by atoms with Crippen LogP contribution in [0.25, 0.3) is 0 Å². The first-order chi connectivity index (χ1) is 9.39. The van der Waals surface area contributed by atoms with Crippen LogP contribution in [0.5, 0.6) is 0 Å². The summed E-state index contributed by atoms with van der Waals surface area (Å²) in [6.45, 7) is 3.14. The van der Waals surface area contributed by atoms with Crippen LogP contribution in [-0.2, 0) is 15.0 Å². The summed E-state index contributed by atoms with van der Waals surface area (Å²) in [5.74, 6) is -0.206. The molecule has 0 aromatic heterocycles. The molecular formula is C13H19N3O3S. The fourth-order valence-electron chi connectivity index (χ4n) is 2.32. The van der Waals surface area contributed by atoms with E-state index in [-0.39, 0.29) is 24.9 Å². The summed E-state index contributed by atoms with van der Waals surface area (Å²) in [7, 11) is -3.65. The lowest BCUT2D eigenvalue weighted by Gasteiger charge is -2.34. The molecule has 1 fully saturated rings. The minimum atomic E-state index is -3.65. The molecule has 1 aliphatic heterocycles. The van der Waals surface area contributed by atoms with Gasteiger partial charge in [-0.25, -0.2) is 5.14 Å². The molecule has 1 heterocycles. The lowest BCUT2D eigenvalue weighted by atomic mass is 9.99. The summed E-state index contributed by atoms with van der Waals surface area (Å²) < 4.78 is 23.6. The molecule has 2 N–H and O–H groups in total. The zero-order valence-corrected chi connectivity index (χ0v) is 12.2.